The fraction of sp³-hybridized carbons (Fsp3) is 0.368. The molecule has 2 heterocycles. The Hall–Kier alpha value is -2.40. The first-order valence-electron chi connectivity index (χ1n) is 8.26. The van der Waals surface area contributed by atoms with E-state index < -0.39 is 5.60 Å². The smallest absolute Gasteiger partial charge is 0.107 e. The number of anilines is 1. The van der Waals surface area contributed by atoms with Gasteiger partial charge in [-0.3, -0.25) is 9.67 Å². The van der Waals surface area contributed by atoms with Crippen molar-refractivity contribution in [2.45, 2.75) is 32.8 Å². The molecule has 0 radical (unpaired) electrons. The van der Waals surface area contributed by atoms with Gasteiger partial charge in [0.15, 0.2) is 0 Å². The van der Waals surface area contributed by atoms with Gasteiger partial charge in [-0.2, -0.15) is 5.10 Å². The molecule has 3 rings (SSSR count). The first-order chi connectivity index (χ1) is 11.4. The summed E-state index contributed by atoms with van der Waals surface area (Å²) in [5.41, 5.74) is 4.04. The normalized spacial score (nSPS) is 13.9. The standard InChI is InChI=1S/C19H24N4O/c1-5-15-13(2)22-17-9-7-6-8-16(17)18(15)20-12-19(3,24)14-10-21-23(4)11-14/h6-11,24H,5,12H2,1-4H3,(H,20,22). The number of aliphatic hydroxyl groups is 1. The number of nitrogens with one attached hydrogen (secondary N) is 1. The molecule has 0 fully saturated rings. The molecule has 3 aromatic rings. The first-order valence-corrected chi connectivity index (χ1v) is 8.26. The Bertz CT molecular complexity index is 867. The van der Waals surface area contributed by atoms with Crippen LogP contribution in [0.25, 0.3) is 10.9 Å². The summed E-state index contributed by atoms with van der Waals surface area (Å²) in [5, 5.41) is 19.5. The summed E-state index contributed by atoms with van der Waals surface area (Å²) in [6, 6.07) is 8.10. The van der Waals surface area contributed by atoms with E-state index >= 15 is 0 Å². The fourth-order valence-corrected chi connectivity index (χ4v) is 3.07. The zero-order valence-corrected chi connectivity index (χ0v) is 14.7. The van der Waals surface area contributed by atoms with Crippen LogP contribution in [0.5, 0.6) is 0 Å². The van der Waals surface area contributed by atoms with Crippen molar-refractivity contribution in [1.82, 2.24) is 14.8 Å². The van der Waals surface area contributed by atoms with Gasteiger partial charge in [-0.1, -0.05) is 25.1 Å². The lowest BCUT2D eigenvalue weighted by molar-refractivity contribution is 0.0715. The number of aryl methyl sites for hydroxylation is 2. The summed E-state index contributed by atoms with van der Waals surface area (Å²) in [6.45, 7) is 6.37. The summed E-state index contributed by atoms with van der Waals surface area (Å²) in [7, 11) is 1.85. The van der Waals surface area contributed by atoms with E-state index in [1.165, 1.54) is 5.56 Å². The fourth-order valence-electron chi connectivity index (χ4n) is 3.07. The summed E-state index contributed by atoms with van der Waals surface area (Å²) in [6.07, 6.45) is 4.44. The van der Waals surface area contributed by atoms with Crippen LogP contribution in [0, 0.1) is 6.92 Å². The van der Waals surface area contributed by atoms with Crippen LogP contribution in [0.3, 0.4) is 0 Å². The molecule has 0 aliphatic heterocycles. The third-order valence-electron chi connectivity index (χ3n) is 4.49. The minimum Gasteiger partial charge on any atom is -0.383 e. The predicted octanol–water partition coefficient (Wildman–Crippen LogP) is 3.16. The molecule has 0 saturated heterocycles. The molecule has 0 saturated carbocycles. The zero-order valence-electron chi connectivity index (χ0n) is 14.7. The lowest BCUT2D eigenvalue weighted by Gasteiger charge is -2.25. The number of rotatable bonds is 5. The van der Waals surface area contributed by atoms with Crippen molar-refractivity contribution in [2.75, 3.05) is 11.9 Å². The third-order valence-corrected chi connectivity index (χ3v) is 4.49. The number of benzene rings is 1. The Labute approximate surface area is 142 Å². The molecular weight excluding hydrogens is 300 g/mol. The molecule has 0 aliphatic carbocycles. The average Bonchev–Trinajstić information content (AvgIpc) is 2.99. The molecule has 0 amide bonds. The van der Waals surface area contributed by atoms with Gasteiger partial charge >= 0.3 is 0 Å². The van der Waals surface area contributed by atoms with Crippen molar-refractivity contribution < 1.29 is 5.11 Å². The average molecular weight is 324 g/mol. The molecule has 1 unspecified atom stereocenters. The number of hydrogen-bond donors (Lipinski definition) is 2. The van der Waals surface area contributed by atoms with Gasteiger partial charge in [0.05, 0.1) is 11.7 Å². The van der Waals surface area contributed by atoms with E-state index in [0.29, 0.717) is 6.54 Å². The molecule has 1 aromatic carbocycles. The first kappa shape index (κ1) is 16.5. The molecule has 1 atom stereocenters. The number of hydrogen-bond acceptors (Lipinski definition) is 4. The van der Waals surface area contributed by atoms with E-state index in [1.807, 2.05) is 38.4 Å². The molecule has 5 nitrogen and oxygen atoms in total. The number of pyridine rings is 1. The largest absolute Gasteiger partial charge is 0.383 e. The Morgan fingerprint density at radius 3 is 2.71 bits per heavy atom. The van der Waals surface area contributed by atoms with E-state index in [2.05, 4.69) is 23.4 Å². The Kier molecular flexibility index (Phi) is 4.28. The van der Waals surface area contributed by atoms with E-state index in [0.717, 1.165) is 34.3 Å². The predicted molar refractivity (Wildman–Crippen MR) is 97.1 cm³/mol. The molecule has 2 aromatic heterocycles. The number of aromatic nitrogens is 3. The van der Waals surface area contributed by atoms with Crippen molar-refractivity contribution in [3.8, 4) is 0 Å². The highest BCUT2D eigenvalue weighted by atomic mass is 16.3. The van der Waals surface area contributed by atoms with E-state index in [9.17, 15) is 5.11 Å². The van der Waals surface area contributed by atoms with Crippen molar-refractivity contribution in [3.63, 3.8) is 0 Å². The summed E-state index contributed by atoms with van der Waals surface area (Å²) in [5.74, 6) is 0. The molecule has 2 N–H and O–H groups in total. The second-order valence-corrected chi connectivity index (χ2v) is 6.45. The molecule has 0 bridgehead atoms. The van der Waals surface area contributed by atoms with Crippen molar-refractivity contribution in [3.05, 3.63) is 53.5 Å². The van der Waals surface area contributed by atoms with Gasteiger partial charge in [-0.15, -0.1) is 0 Å². The minimum absolute atomic E-state index is 0.402. The lowest BCUT2D eigenvalue weighted by atomic mass is 9.98. The molecule has 24 heavy (non-hydrogen) atoms. The molecule has 0 spiro atoms. The topological polar surface area (TPSA) is 63.0 Å². The van der Waals surface area contributed by atoms with E-state index in [-0.39, 0.29) is 0 Å². The van der Waals surface area contributed by atoms with Crippen LogP contribution < -0.4 is 5.32 Å². The van der Waals surface area contributed by atoms with Crippen molar-refractivity contribution in [2.24, 2.45) is 7.05 Å². The Morgan fingerprint density at radius 1 is 1.29 bits per heavy atom. The number of fused-ring (bicyclic) bond motifs is 1. The highest BCUT2D eigenvalue weighted by Gasteiger charge is 2.25. The highest BCUT2D eigenvalue weighted by molar-refractivity contribution is 5.93. The summed E-state index contributed by atoms with van der Waals surface area (Å²) in [4.78, 5) is 4.70. The second kappa shape index (κ2) is 6.24. The number of nitrogens with zero attached hydrogens (tertiary/aromatic N) is 3. The minimum atomic E-state index is -1.00. The molecule has 0 aliphatic rings. The summed E-state index contributed by atoms with van der Waals surface area (Å²) < 4.78 is 1.70. The maximum absolute atomic E-state index is 10.8. The van der Waals surface area contributed by atoms with Crippen molar-refractivity contribution >= 4 is 16.6 Å². The SMILES string of the molecule is CCc1c(C)nc2ccccc2c1NCC(C)(O)c1cnn(C)c1. The summed E-state index contributed by atoms with van der Waals surface area (Å²) >= 11 is 0. The van der Waals surface area contributed by atoms with Crippen LogP contribution in [-0.4, -0.2) is 26.4 Å². The maximum Gasteiger partial charge on any atom is 0.107 e. The third kappa shape index (κ3) is 2.99. The van der Waals surface area contributed by atoms with E-state index in [4.69, 9.17) is 4.98 Å². The van der Waals surface area contributed by atoms with E-state index in [1.54, 1.807) is 17.8 Å². The van der Waals surface area contributed by atoms with Crippen LogP contribution >= 0.6 is 0 Å². The second-order valence-electron chi connectivity index (χ2n) is 6.45. The molecule has 126 valence electrons. The Balaban J connectivity index is 1.97. The van der Waals surface area contributed by atoms with Gasteiger partial charge in [0.25, 0.3) is 0 Å². The van der Waals surface area contributed by atoms with Gasteiger partial charge in [-0.05, 0) is 31.9 Å². The maximum atomic E-state index is 10.8. The monoisotopic (exact) mass is 324 g/mol. The van der Waals surface area contributed by atoms with Gasteiger partial charge in [0.2, 0.25) is 0 Å². The Morgan fingerprint density at radius 2 is 2.04 bits per heavy atom. The number of para-hydroxylation sites is 1. The zero-order chi connectivity index (χ0) is 17.3. The van der Waals surface area contributed by atoms with Gasteiger partial charge < -0.3 is 10.4 Å². The van der Waals surface area contributed by atoms with Crippen LogP contribution in [0.15, 0.2) is 36.7 Å². The van der Waals surface area contributed by atoms with Crippen LogP contribution in [0.1, 0.15) is 30.7 Å². The van der Waals surface area contributed by atoms with Gasteiger partial charge in [0, 0.05) is 42.1 Å². The quantitative estimate of drug-likeness (QED) is 0.757. The lowest BCUT2D eigenvalue weighted by Crippen LogP contribution is -2.30. The molecular formula is C19H24N4O. The van der Waals surface area contributed by atoms with Gasteiger partial charge in [-0.25, -0.2) is 0 Å². The van der Waals surface area contributed by atoms with Crippen molar-refractivity contribution in [1.29, 1.82) is 0 Å². The highest BCUT2D eigenvalue weighted by Crippen LogP contribution is 2.30. The van der Waals surface area contributed by atoms with Crippen LogP contribution in [0.2, 0.25) is 0 Å². The molecule has 5 heteroatoms. The van der Waals surface area contributed by atoms with Crippen LogP contribution in [0.4, 0.5) is 5.69 Å². The van der Waals surface area contributed by atoms with Crippen LogP contribution in [-0.2, 0) is 19.1 Å². The van der Waals surface area contributed by atoms with Gasteiger partial charge in [0.1, 0.15) is 5.60 Å².